The van der Waals surface area contributed by atoms with Crippen LogP contribution in [0.1, 0.15) is 6.92 Å². The SMILES string of the molecule is COc1cc(Br)cc(NC(=O)C(C)N2CCNCC2)c1. The lowest BCUT2D eigenvalue weighted by atomic mass is 10.2. The number of anilines is 1. The molecule has 1 aliphatic heterocycles. The van der Waals surface area contributed by atoms with E-state index in [1.54, 1.807) is 7.11 Å². The molecule has 5 nitrogen and oxygen atoms in total. The molecule has 20 heavy (non-hydrogen) atoms. The number of rotatable bonds is 4. The van der Waals surface area contributed by atoms with Crippen LogP contribution in [0.15, 0.2) is 22.7 Å². The zero-order valence-electron chi connectivity index (χ0n) is 11.8. The number of ether oxygens (including phenoxy) is 1. The van der Waals surface area contributed by atoms with Crippen molar-refractivity contribution in [2.24, 2.45) is 0 Å². The molecule has 1 atom stereocenters. The third-order valence-corrected chi connectivity index (χ3v) is 3.91. The zero-order chi connectivity index (χ0) is 14.5. The van der Waals surface area contributed by atoms with Gasteiger partial charge in [-0.3, -0.25) is 9.69 Å². The van der Waals surface area contributed by atoms with Gasteiger partial charge in [-0.25, -0.2) is 0 Å². The molecule has 2 N–H and O–H groups in total. The third kappa shape index (κ3) is 3.94. The number of hydrogen-bond acceptors (Lipinski definition) is 4. The number of benzene rings is 1. The first-order valence-electron chi connectivity index (χ1n) is 6.70. The van der Waals surface area contributed by atoms with Crippen LogP contribution in [-0.2, 0) is 4.79 Å². The van der Waals surface area contributed by atoms with Gasteiger partial charge in [-0.15, -0.1) is 0 Å². The van der Waals surface area contributed by atoms with Gasteiger partial charge in [0, 0.05) is 42.4 Å². The van der Waals surface area contributed by atoms with Crippen LogP contribution in [0, 0.1) is 0 Å². The fourth-order valence-electron chi connectivity index (χ4n) is 2.23. The van der Waals surface area contributed by atoms with E-state index in [2.05, 4.69) is 31.5 Å². The third-order valence-electron chi connectivity index (χ3n) is 3.45. The highest BCUT2D eigenvalue weighted by Crippen LogP contribution is 2.24. The summed E-state index contributed by atoms with van der Waals surface area (Å²) in [7, 11) is 1.61. The molecule has 1 aliphatic rings. The Morgan fingerprint density at radius 2 is 2.10 bits per heavy atom. The molecule has 1 aromatic carbocycles. The number of piperazine rings is 1. The predicted molar refractivity (Wildman–Crippen MR) is 83.2 cm³/mol. The van der Waals surface area contributed by atoms with Gasteiger partial charge in [0.2, 0.25) is 5.91 Å². The molecule has 6 heteroatoms. The van der Waals surface area contributed by atoms with E-state index in [0.717, 1.165) is 36.3 Å². The number of nitrogens with one attached hydrogen (secondary N) is 2. The highest BCUT2D eigenvalue weighted by atomic mass is 79.9. The molecular formula is C14H20BrN3O2. The summed E-state index contributed by atoms with van der Waals surface area (Å²) in [6.07, 6.45) is 0. The van der Waals surface area contributed by atoms with Crippen LogP contribution in [-0.4, -0.2) is 50.1 Å². The maximum atomic E-state index is 12.3. The van der Waals surface area contributed by atoms with Crippen molar-refractivity contribution in [3.8, 4) is 5.75 Å². The highest BCUT2D eigenvalue weighted by Gasteiger charge is 2.22. The van der Waals surface area contributed by atoms with Crippen LogP contribution >= 0.6 is 15.9 Å². The van der Waals surface area contributed by atoms with Gasteiger partial charge in [0.15, 0.2) is 0 Å². The molecule has 0 spiro atoms. The lowest BCUT2D eigenvalue weighted by Gasteiger charge is -2.31. The molecule has 1 amide bonds. The minimum Gasteiger partial charge on any atom is -0.497 e. The normalized spacial score (nSPS) is 17.6. The van der Waals surface area contributed by atoms with E-state index in [-0.39, 0.29) is 11.9 Å². The Kier molecular flexibility index (Phi) is 5.39. The minimum absolute atomic E-state index is 0.00653. The number of carbonyl (C=O) groups is 1. The summed E-state index contributed by atoms with van der Waals surface area (Å²) in [4.78, 5) is 14.5. The van der Waals surface area contributed by atoms with Crippen LogP contribution in [0.4, 0.5) is 5.69 Å². The van der Waals surface area contributed by atoms with Crippen molar-refractivity contribution in [1.29, 1.82) is 0 Å². The standard InChI is InChI=1S/C14H20BrN3O2/c1-10(18-5-3-16-4-6-18)14(19)17-12-7-11(15)8-13(9-12)20-2/h7-10,16H,3-6H2,1-2H3,(H,17,19). The first kappa shape index (κ1) is 15.3. The molecule has 2 rings (SSSR count). The molecule has 1 aromatic rings. The summed E-state index contributed by atoms with van der Waals surface area (Å²) in [5.41, 5.74) is 0.739. The predicted octanol–water partition coefficient (Wildman–Crippen LogP) is 1.69. The van der Waals surface area contributed by atoms with Crippen molar-refractivity contribution >= 4 is 27.5 Å². The maximum absolute atomic E-state index is 12.3. The highest BCUT2D eigenvalue weighted by molar-refractivity contribution is 9.10. The fourth-order valence-corrected chi connectivity index (χ4v) is 2.71. The van der Waals surface area contributed by atoms with Crippen LogP contribution < -0.4 is 15.4 Å². The summed E-state index contributed by atoms with van der Waals surface area (Å²) in [6.45, 7) is 5.60. The Bertz CT molecular complexity index is 475. The van der Waals surface area contributed by atoms with Crippen LogP contribution in [0.25, 0.3) is 0 Å². The average Bonchev–Trinajstić information content (AvgIpc) is 2.46. The van der Waals surface area contributed by atoms with Crippen LogP contribution in [0.5, 0.6) is 5.75 Å². The molecule has 0 bridgehead atoms. The summed E-state index contributed by atoms with van der Waals surface area (Å²) in [5.74, 6) is 0.719. The van der Waals surface area contributed by atoms with Crippen LogP contribution in [0.3, 0.4) is 0 Å². The Hall–Kier alpha value is -1.11. The number of amides is 1. The van der Waals surface area contributed by atoms with Gasteiger partial charge in [-0.1, -0.05) is 15.9 Å². The lowest BCUT2D eigenvalue weighted by molar-refractivity contribution is -0.120. The Balaban J connectivity index is 2.01. The molecule has 1 fully saturated rings. The number of carbonyl (C=O) groups excluding carboxylic acids is 1. The Labute approximate surface area is 127 Å². The van der Waals surface area contributed by atoms with Crippen molar-refractivity contribution in [2.45, 2.75) is 13.0 Å². The number of nitrogens with zero attached hydrogens (tertiary/aromatic N) is 1. The second-order valence-electron chi connectivity index (χ2n) is 4.83. The Morgan fingerprint density at radius 1 is 1.40 bits per heavy atom. The van der Waals surface area contributed by atoms with Gasteiger partial charge in [-0.2, -0.15) is 0 Å². The number of halogens is 1. The van der Waals surface area contributed by atoms with E-state index < -0.39 is 0 Å². The van der Waals surface area contributed by atoms with Crippen molar-refractivity contribution in [1.82, 2.24) is 10.2 Å². The lowest BCUT2D eigenvalue weighted by Crippen LogP contribution is -2.51. The zero-order valence-corrected chi connectivity index (χ0v) is 13.4. The van der Waals surface area contributed by atoms with E-state index in [4.69, 9.17) is 4.74 Å². The topological polar surface area (TPSA) is 53.6 Å². The van der Waals surface area contributed by atoms with E-state index in [1.165, 1.54) is 0 Å². The van der Waals surface area contributed by atoms with Crippen molar-refractivity contribution in [3.63, 3.8) is 0 Å². The molecule has 0 saturated carbocycles. The summed E-state index contributed by atoms with van der Waals surface area (Å²) >= 11 is 3.41. The van der Waals surface area contributed by atoms with Crippen molar-refractivity contribution in [2.75, 3.05) is 38.6 Å². The van der Waals surface area contributed by atoms with Gasteiger partial charge in [0.25, 0.3) is 0 Å². The van der Waals surface area contributed by atoms with E-state index >= 15 is 0 Å². The molecule has 0 aliphatic carbocycles. The largest absolute Gasteiger partial charge is 0.497 e. The molecule has 1 unspecified atom stereocenters. The monoisotopic (exact) mass is 341 g/mol. The van der Waals surface area contributed by atoms with Crippen molar-refractivity contribution < 1.29 is 9.53 Å². The first-order chi connectivity index (χ1) is 9.60. The number of methoxy groups -OCH3 is 1. The second kappa shape index (κ2) is 7.06. The summed E-state index contributed by atoms with van der Waals surface area (Å²) in [5, 5.41) is 6.23. The van der Waals surface area contributed by atoms with Gasteiger partial charge in [0.1, 0.15) is 5.75 Å². The molecule has 1 saturated heterocycles. The number of hydrogen-bond donors (Lipinski definition) is 2. The Morgan fingerprint density at radius 3 is 2.75 bits per heavy atom. The molecule has 110 valence electrons. The van der Waals surface area contributed by atoms with Gasteiger partial charge in [-0.05, 0) is 19.1 Å². The van der Waals surface area contributed by atoms with Crippen LogP contribution in [0.2, 0.25) is 0 Å². The quantitative estimate of drug-likeness (QED) is 0.875. The smallest absolute Gasteiger partial charge is 0.241 e. The molecule has 0 aromatic heterocycles. The molecule has 1 heterocycles. The minimum atomic E-state index is -0.137. The van der Waals surface area contributed by atoms with Gasteiger partial charge >= 0.3 is 0 Å². The molecular weight excluding hydrogens is 322 g/mol. The maximum Gasteiger partial charge on any atom is 0.241 e. The first-order valence-corrected chi connectivity index (χ1v) is 7.49. The van der Waals surface area contributed by atoms with Gasteiger partial charge in [0.05, 0.1) is 13.2 Å². The van der Waals surface area contributed by atoms with E-state index in [1.807, 2.05) is 25.1 Å². The van der Waals surface area contributed by atoms with Crippen molar-refractivity contribution in [3.05, 3.63) is 22.7 Å². The summed E-state index contributed by atoms with van der Waals surface area (Å²) in [6, 6.07) is 5.40. The second-order valence-corrected chi connectivity index (χ2v) is 5.75. The van der Waals surface area contributed by atoms with Gasteiger partial charge < -0.3 is 15.4 Å². The summed E-state index contributed by atoms with van der Waals surface area (Å²) < 4.78 is 6.07. The van der Waals surface area contributed by atoms with E-state index in [9.17, 15) is 4.79 Å². The fraction of sp³-hybridized carbons (Fsp3) is 0.500. The average molecular weight is 342 g/mol. The molecule has 0 radical (unpaired) electrons. The van der Waals surface area contributed by atoms with E-state index in [0.29, 0.717) is 5.75 Å².